The van der Waals surface area contributed by atoms with Crippen LogP contribution in [-0.4, -0.2) is 49.3 Å². The van der Waals surface area contributed by atoms with Crippen molar-refractivity contribution in [2.75, 3.05) is 19.7 Å². The molecular weight excluding hydrogens is 535 g/mol. The van der Waals surface area contributed by atoms with Crippen LogP contribution in [0.25, 0.3) is 22.3 Å². The van der Waals surface area contributed by atoms with Gasteiger partial charge in [0.05, 0.1) is 36.3 Å². The maximum absolute atomic E-state index is 14.0. The first kappa shape index (κ1) is 28.3. The van der Waals surface area contributed by atoms with Gasteiger partial charge in [0.2, 0.25) is 11.8 Å². The molecule has 1 aliphatic rings. The third-order valence-corrected chi connectivity index (χ3v) is 6.82. The molecular formula is C26H27ClF3N7O2. The lowest BCUT2D eigenvalue weighted by atomic mass is 9.94. The summed E-state index contributed by atoms with van der Waals surface area (Å²) in [7, 11) is 1.75. The summed E-state index contributed by atoms with van der Waals surface area (Å²) in [4.78, 5) is 10.6. The number of nitriles is 1. The summed E-state index contributed by atoms with van der Waals surface area (Å²) in [6, 6.07) is 7.50. The SMILES string of the molecule is Cc1nnc(CN2CCC(CCOc3ccc(-c4cc5c(ncn5C)c(C#N)n4)cc3C(F)(F)F)CC2)o1.Cl. The zero-order valence-electron chi connectivity index (χ0n) is 21.4. The van der Waals surface area contributed by atoms with E-state index in [0.29, 0.717) is 41.7 Å². The van der Waals surface area contributed by atoms with Gasteiger partial charge in [-0.3, -0.25) is 4.90 Å². The number of aryl methyl sites for hydroxylation is 2. The number of alkyl halides is 3. The van der Waals surface area contributed by atoms with Crippen molar-refractivity contribution in [2.24, 2.45) is 13.0 Å². The number of nitrogens with zero attached hydrogens (tertiary/aromatic N) is 7. The zero-order valence-corrected chi connectivity index (χ0v) is 22.2. The third kappa shape index (κ3) is 6.32. The minimum atomic E-state index is -4.61. The molecule has 0 saturated carbocycles. The van der Waals surface area contributed by atoms with Crippen molar-refractivity contribution in [3.8, 4) is 23.1 Å². The number of likely N-dealkylation sites (tertiary alicyclic amines) is 1. The van der Waals surface area contributed by atoms with Gasteiger partial charge in [-0.05, 0) is 62.5 Å². The Balaban J connectivity index is 0.00000353. The number of hydrogen-bond donors (Lipinski definition) is 0. The number of ether oxygens (including phenoxy) is 1. The minimum Gasteiger partial charge on any atom is -0.493 e. The number of rotatable bonds is 7. The maximum atomic E-state index is 14.0. The van der Waals surface area contributed by atoms with E-state index >= 15 is 0 Å². The molecule has 0 unspecified atom stereocenters. The van der Waals surface area contributed by atoms with Crippen molar-refractivity contribution < 1.29 is 22.3 Å². The number of hydrogen-bond acceptors (Lipinski definition) is 8. The van der Waals surface area contributed by atoms with Crippen LogP contribution in [0.4, 0.5) is 13.2 Å². The molecule has 206 valence electrons. The van der Waals surface area contributed by atoms with Crippen molar-refractivity contribution in [3.63, 3.8) is 0 Å². The van der Waals surface area contributed by atoms with E-state index in [4.69, 9.17) is 9.15 Å². The molecule has 1 aliphatic heterocycles. The first-order valence-electron chi connectivity index (χ1n) is 12.3. The molecule has 1 fully saturated rings. The van der Waals surface area contributed by atoms with Gasteiger partial charge in [-0.25, -0.2) is 9.97 Å². The Hall–Kier alpha value is -3.69. The van der Waals surface area contributed by atoms with Crippen LogP contribution in [0.15, 0.2) is 35.0 Å². The molecule has 0 amide bonds. The van der Waals surface area contributed by atoms with Crippen LogP contribution in [0.3, 0.4) is 0 Å². The largest absolute Gasteiger partial charge is 0.493 e. The molecule has 39 heavy (non-hydrogen) atoms. The van der Waals surface area contributed by atoms with Gasteiger partial charge in [0.25, 0.3) is 0 Å². The first-order valence-corrected chi connectivity index (χ1v) is 12.3. The highest BCUT2D eigenvalue weighted by atomic mass is 35.5. The molecule has 0 spiro atoms. The molecule has 3 aromatic heterocycles. The number of fused-ring (bicyclic) bond motifs is 1. The number of aromatic nitrogens is 5. The Morgan fingerprint density at radius 1 is 1.18 bits per heavy atom. The number of halogens is 4. The molecule has 4 aromatic rings. The molecule has 0 bridgehead atoms. The summed E-state index contributed by atoms with van der Waals surface area (Å²) in [5.41, 5.74) is 0.713. The van der Waals surface area contributed by atoms with E-state index in [1.54, 1.807) is 24.6 Å². The van der Waals surface area contributed by atoms with Crippen LogP contribution in [-0.2, 0) is 19.8 Å². The standard InChI is InChI=1S/C26H26F3N7O2.ClH/c1-16-33-34-24(38-16)14-36-8-5-17(6-9-36)7-10-37-23-4-3-18(11-19(23)26(27,28)29)20-12-22-25(21(13-30)32-20)31-15-35(22)2;/h3-4,11-12,15,17H,5-10,14H2,1-2H3;1H. The molecule has 1 aromatic carbocycles. The number of benzene rings is 1. The van der Waals surface area contributed by atoms with E-state index in [1.165, 1.54) is 18.5 Å². The summed E-state index contributed by atoms with van der Waals surface area (Å²) in [6.45, 7) is 4.25. The average molecular weight is 562 g/mol. The molecule has 5 rings (SSSR count). The van der Waals surface area contributed by atoms with Gasteiger partial charge in [-0.2, -0.15) is 18.4 Å². The van der Waals surface area contributed by atoms with Crippen LogP contribution < -0.4 is 4.74 Å². The van der Waals surface area contributed by atoms with Gasteiger partial charge in [0.15, 0.2) is 5.69 Å². The summed E-state index contributed by atoms with van der Waals surface area (Å²) in [5.74, 6) is 1.28. The third-order valence-electron chi connectivity index (χ3n) is 6.82. The number of pyridine rings is 1. The van der Waals surface area contributed by atoms with Gasteiger partial charge in [-0.15, -0.1) is 22.6 Å². The monoisotopic (exact) mass is 561 g/mol. The minimum absolute atomic E-state index is 0. The second-order valence-electron chi connectivity index (χ2n) is 9.47. The highest BCUT2D eigenvalue weighted by Gasteiger charge is 2.35. The fraction of sp³-hybridized carbons (Fsp3) is 0.423. The quantitative estimate of drug-likeness (QED) is 0.298. The predicted molar refractivity (Wildman–Crippen MR) is 138 cm³/mol. The Kier molecular flexibility index (Phi) is 8.42. The Labute approximate surface area is 229 Å². The topological polar surface area (TPSA) is 106 Å². The molecule has 0 radical (unpaired) electrons. The van der Waals surface area contributed by atoms with Gasteiger partial charge < -0.3 is 13.7 Å². The predicted octanol–water partition coefficient (Wildman–Crippen LogP) is 5.32. The fourth-order valence-electron chi connectivity index (χ4n) is 4.75. The lowest BCUT2D eigenvalue weighted by Crippen LogP contribution is -2.33. The van der Waals surface area contributed by atoms with Crippen LogP contribution >= 0.6 is 12.4 Å². The van der Waals surface area contributed by atoms with Crippen molar-refractivity contribution >= 4 is 23.4 Å². The highest BCUT2D eigenvalue weighted by molar-refractivity contribution is 5.85. The molecule has 0 aliphatic carbocycles. The van der Waals surface area contributed by atoms with E-state index in [9.17, 15) is 18.4 Å². The van der Waals surface area contributed by atoms with Crippen molar-refractivity contribution in [2.45, 2.75) is 38.9 Å². The normalized spacial score (nSPS) is 14.8. The number of piperidine rings is 1. The van der Waals surface area contributed by atoms with E-state index < -0.39 is 11.7 Å². The van der Waals surface area contributed by atoms with E-state index in [1.807, 2.05) is 6.07 Å². The van der Waals surface area contributed by atoms with Gasteiger partial charge in [-0.1, -0.05) is 0 Å². The van der Waals surface area contributed by atoms with Gasteiger partial charge in [0.1, 0.15) is 17.3 Å². The zero-order chi connectivity index (χ0) is 26.9. The first-order chi connectivity index (χ1) is 18.2. The summed E-state index contributed by atoms with van der Waals surface area (Å²) < 4.78 is 54.7. The van der Waals surface area contributed by atoms with Gasteiger partial charge >= 0.3 is 6.18 Å². The summed E-state index contributed by atoms with van der Waals surface area (Å²) in [5, 5.41) is 17.3. The van der Waals surface area contributed by atoms with Crippen LogP contribution in [0.2, 0.25) is 0 Å². The van der Waals surface area contributed by atoms with Crippen molar-refractivity contribution in [1.29, 1.82) is 5.26 Å². The van der Waals surface area contributed by atoms with Gasteiger partial charge in [0, 0.05) is 19.5 Å². The van der Waals surface area contributed by atoms with E-state index in [-0.39, 0.29) is 41.7 Å². The van der Waals surface area contributed by atoms with E-state index in [0.717, 1.165) is 32.0 Å². The van der Waals surface area contributed by atoms with Crippen molar-refractivity contribution in [3.05, 3.63) is 53.6 Å². The number of imidazole rings is 1. The lowest BCUT2D eigenvalue weighted by molar-refractivity contribution is -0.138. The highest BCUT2D eigenvalue weighted by Crippen LogP contribution is 2.39. The fourth-order valence-corrected chi connectivity index (χ4v) is 4.75. The Morgan fingerprint density at radius 2 is 1.95 bits per heavy atom. The molecule has 1 saturated heterocycles. The Morgan fingerprint density at radius 3 is 2.62 bits per heavy atom. The Bertz CT molecular complexity index is 1490. The lowest BCUT2D eigenvalue weighted by Gasteiger charge is -2.31. The second kappa shape index (κ2) is 11.6. The maximum Gasteiger partial charge on any atom is 0.419 e. The molecule has 0 N–H and O–H groups in total. The second-order valence-corrected chi connectivity index (χ2v) is 9.47. The summed E-state index contributed by atoms with van der Waals surface area (Å²) >= 11 is 0. The molecule has 9 nitrogen and oxygen atoms in total. The molecule has 4 heterocycles. The van der Waals surface area contributed by atoms with E-state index in [2.05, 4.69) is 25.1 Å². The summed E-state index contributed by atoms with van der Waals surface area (Å²) in [6.07, 6.45) is -0.571. The molecule has 13 heteroatoms. The molecule has 0 atom stereocenters. The van der Waals surface area contributed by atoms with Crippen LogP contribution in [0.5, 0.6) is 5.75 Å². The average Bonchev–Trinajstić information content (AvgIpc) is 3.48. The van der Waals surface area contributed by atoms with Crippen molar-refractivity contribution in [1.82, 2.24) is 29.6 Å². The van der Waals surface area contributed by atoms with Crippen LogP contribution in [0, 0.1) is 24.2 Å². The smallest absolute Gasteiger partial charge is 0.419 e. The van der Waals surface area contributed by atoms with Crippen LogP contribution in [0.1, 0.15) is 42.3 Å².